The van der Waals surface area contributed by atoms with Crippen LogP contribution >= 0.6 is 0 Å². The van der Waals surface area contributed by atoms with Crippen molar-refractivity contribution in [1.82, 2.24) is 5.32 Å². The molecule has 2 aromatic carbocycles. The van der Waals surface area contributed by atoms with Crippen LogP contribution in [0.5, 0.6) is 0 Å². The van der Waals surface area contributed by atoms with Crippen molar-refractivity contribution in [1.29, 1.82) is 0 Å². The van der Waals surface area contributed by atoms with Gasteiger partial charge in [-0.1, -0.05) is 30.3 Å². The zero-order chi connectivity index (χ0) is 18.5. The van der Waals surface area contributed by atoms with Gasteiger partial charge < -0.3 is 10.6 Å². The molecule has 0 saturated heterocycles. The third-order valence-electron chi connectivity index (χ3n) is 5.03. The molecule has 0 aliphatic carbocycles. The molecule has 132 valence electrons. The normalized spacial score (nSPS) is 20.7. The number of rotatable bonds is 1. The summed E-state index contributed by atoms with van der Waals surface area (Å²) in [4.78, 5) is 27.7. The predicted molar refractivity (Wildman–Crippen MR) is 102 cm³/mol. The van der Waals surface area contributed by atoms with Crippen molar-refractivity contribution < 1.29 is 9.59 Å². The molecule has 4 rings (SSSR count). The van der Waals surface area contributed by atoms with Gasteiger partial charge in [-0.25, -0.2) is 0 Å². The summed E-state index contributed by atoms with van der Waals surface area (Å²) in [5.74, 6) is -0.262. The Morgan fingerprint density at radius 3 is 2.42 bits per heavy atom. The fourth-order valence-corrected chi connectivity index (χ4v) is 3.75. The number of carbonyl (C=O) groups excluding carboxylic acids is 2. The molecule has 5 nitrogen and oxygen atoms in total. The second kappa shape index (κ2) is 5.73. The fourth-order valence-electron chi connectivity index (χ4n) is 3.75. The maximum absolute atomic E-state index is 13.3. The highest BCUT2D eigenvalue weighted by Gasteiger charge is 2.45. The SMILES string of the molecule is CC1C2=C(Nc3ccccc3N1C(=O)c1ccccc1)C(C)(C)NC2=O. The summed E-state index contributed by atoms with van der Waals surface area (Å²) in [5, 5.41) is 6.42. The molecule has 2 amide bonds. The number of nitrogens with one attached hydrogen (secondary N) is 2. The summed E-state index contributed by atoms with van der Waals surface area (Å²) in [5.41, 5.74) is 3.10. The molecule has 0 radical (unpaired) electrons. The number of hydrogen-bond donors (Lipinski definition) is 2. The molecule has 5 heteroatoms. The lowest BCUT2D eigenvalue weighted by molar-refractivity contribution is -0.117. The van der Waals surface area contributed by atoms with E-state index in [0.29, 0.717) is 11.1 Å². The molecule has 2 aromatic rings. The number of anilines is 2. The molecule has 0 saturated carbocycles. The van der Waals surface area contributed by atoms with Crippen LogP contribution in [-0.4, -0.2) is 23.4 Å². The molecule has 2 N–H and O–H groups in total. The van der Waals surface area contributed by atoms with Crippen LogP contribution in [0.1, 0.15) is 31.1 Å². The highest BCUT2D eigenvalue weighted by Crippen LogP contribution is 2.40. The van der Waals surface area contributed by atoms with E-state index in [4.69, 9.17) is 0 Å². The van der Waals surface area contributed by atoms with Gasteiger partial charge in [-0.05, 0) is 45.0 Å². The molecular weight excluding hydrogens is 326 g/mol. The Bertz CT molecular complexity index is 931. The largest absolute Gasteiger partial charge is 0.355 e. The molecule has 1 unspecified atom stereocenters. The summed E-state index contributed by atoms with van der Waals surface area (Å²) in [6.07, 6.45) is 0. The maximum atomic E-state index is 13.3. The second-order valence-electron chi connectivity index (χ2n) is 7.23. The van der Waals surface area contributed by atoms with Crippen molar-refractivity contribution in [3.8, 4) is 0 Å². The average molecular weight is 347 g/mol. The Balaban J connectivity index is 1.91. The molecule has 0 bridgehead atoms. The monoisotopic (exact) mass is 347 g/mol. The molecule has 2 heterocycles. The lowest BCUT2D eigenvalue weighted by Crippen LogP contribution is -2.43. The summed E-state index contributed by atoms with van der Waals surface area (Å²) in [7, 11) is 0. The molecule has 2 aliphatic heterocycles. The minimum atomic E-state index is -0.514. The first-order valence-corrected chi connectivity index (χ1v) is 8.72. The molecule has 0 aromatic heterocycles. The number of para-hydroxylation sites is 2. The third-order valence-corrected chi connectivity index (χ3v) is 5.03. The molecule has 1 atom stereocenters. The third kappa shape index (κ3) is 2.39. The van der Waals surface area contributed by atoms with Crippen LogP contribution in [0.3, 0.4) is 0 Å². The summed E-state index contributed by atoms with van der Waals surface area (Å²) < 4.78 is 0. The van der Waals surface area contributed by atoms with Crippen molar-refractivity contribution in [2.45, 2.75) is 32.4 Å². The van der Waals surface area contributed by atoms with Crippen LogP contribution in [-0.2, 0) is 4.79 Å². The number of hydrogen-bond acceptors (Lipinski definition) is 3. The Morgan fingerprint density at radius 2 is 1.69 bits per heavy atom. The fraction of sp³-hybridized carbons (Fsp3) is 0.238. The number of benzene rings is 2. The molecule has 2 aliphatic rings. The Morgan fingerprint density at radius 1 is 1.04 bits per heavy atom. The minimum Gasteiger partial charge on any atom is -0.355 e. The van der Waals surface area contributed by atoms with Gasteiger partial charge in [0.15, 0.2) is 0 Å². The quantitative estimate of drug-likeness (QED) is 0.832. The van der Waals surface area contributed by atoms with Gasteiger partial charge in [-0.15, -0.1) is 0 Å². The molecule has 0 fully saturated rings. The van der Waals surface area contributed by atoms with Gasteiger partial charge in [0, 0.05) is 5.56 Å². The van der Waals surface area contributed by atoms with Crippen LogP contribution in [0.2, 0.25) is 0 Å². The lowest BCUT2D eigenvalue weighted by atomic mass is 9.97. The number of nitrogens with zero attached hydrogens (tertiary/aromatic N) is 1. The highest BCUT2D eigenvalue weighted by atomic mass is 16.2. The standard InChI is InChI=1S/C21H21N3O2/c1-13-17-18(21(2,3)23-19(17)25)22-15-11-7-8-12-16(15)24(13)20(26)14-9-5-4-6-10-14/h4-13,22H,1-3H3,(H,23,25). The van der Waals surface area contributed by atoms with Crippen molar-refractivity contribution in [2.24, 2.45) is 0 Å². The summed E-state index contributed by atoms with van der Waals surface area (Å²) >= 11 is 0. The zero-order valence-electron chi connectivity index (χ0n) is 15.0. The van der Waals surface area contributed by atoms with E-state index in [2.05, 4.69) is 10.6 Å². The van der Waals surface area contributed by atoms with E-state index in [0.717, 1.165) is 17.1 Å². The van der Waals surface area contributed by atoms with E-state index in [1.807, 2.05) is 63.2 Å². The van der Waals surface area contributed by atoms with E-state index in [1.165, 1.54) is 0 Å². The van der Waals surface area contributed by atoms with Gasteiger partial charge in [-0.3, -0.25) is 14.5 Å². The number of fused-ring (bicyclic) bond motifs is 1. The van der Waals surface area contributed by atoms with Crippen LogP contribution in [0.15, 0.2) is 65.9 Å². The zero-order valence-corrected chi connectivity index (χ0v) is 15.0. The van der Waals surface area contributed by atoms with E-state index >= 15 is 0 Å². The van der Waals surface area contributed by atoms with Gasteiger partial charge in [-0.2, -0.15) is 0 Å². The van der Waals surface area contributed by atoms with Crippen LogP contribution in [0, 0.1) is 0 Å². The van der Waals surface area contributed by atoms with Gasteiger partial charge in [0.05, 0.1) is 34.2 Å². The first kappa shape index (κ1) is 16.4. The first-order chi connectivity index (χ1) is 12.4. The van der Waals surface area contributed by atoms with Crippen molar-refractivity contribution in [2.75, 3.05) is 10.2 Å². The Kier molecular flexibility index (Phi) is 3.61. The predicted octanol–water partition coefficient (Wildman–Crippen LogP) is 3.31. The van der Waals surface area contributed by atoms with E-state index in [1.54, 1.807) is 17.0 Å². The second-order valence-corrected chi connectivity index (χ2v) is 7.23. The van der Waals surface area contributed by atoms with Crippen molar-refractivity contribution in [3.05, 3.63) is 71.4 Å². The van der Waals surface area contributed by atoms with Gasteiger partial charge >= 0.3 is 0 Å². The average Bonchev–Trinajstić information content (AvgIpc) is 2.76. The molecule has 26 heavy (non-hydrogen) atoms. The molecule has 0 spiro atoms. The highest BCUT2D eigenvalue weighted by molar-refractivity contribution is 6.12. The Labute approximate surface area is 152 Å². The van der Waals surface area contributed by atoms with Gasteiger partial charge in [0.25, 0.3) is 11.8 Å². The van der Waals surface area contributed by atoms with Crippen LogP contribution in [0.25, 0.3) is 0 Å². The van der Waals surface area contributed by atoms with E-state index in [9.17, 15) is 9.59 Å². The van der Waals surface area contributed by atoms with Crippen molar-refractivity contribution in [3.63, 3.8) is 0 Å². The smallest absolute Gasteiger partial charge is 0.258 e. The number of amides is 2. The van der Waals surface area contributed by atoms with E-state index in [-0.39, 0.29) is 11.8 Å². The van der Waals surface area contributed by atoms with Gasteiger partial charge in [0.1, 0.15) is 0 Å². The summed E-state index contributed by atoms with van der Waals surface area (Å²) in [6, 6.07) is 16.4. The van der Waals surface area contributed by atoms with Crippen LogP contribution in [0.4, 0.5) is 11.4 Å². The lowest BCUT2D eigenvalue weighted by Gasteiger charge is -2.29. The maximum Gasteiger partial charge on any atom is 0.258 e. The minimum absolute atomic E-state index is 0.126. The topological polar surface area (TPSA) is 61.4 Å². The summed E-state index contributed by atoms with van der Waals surface area (Å²) in [6.45, 7) is 5.83. The number of carbonyl (C=O) groups is 2. The van der Waals surface area contributed by atoms with Crippen molar-refractivity contribution >= 4 is 23.2 Å². The molecular formula is C21H21N3O2. The van der Waals surface area contributed by atoms with Crippen LogP contribution < -0.4 is 15.5 Å². The van der Waals surface area contributed by atoms with Gasteiger partial charge in [0.2, 0.25) is 0 Å². The van der Waals surface area contributed by atoms with E-state index < -0.39 is 11.6 Å². The first-order valence-electron chi connectivity index (χ1n) is 8.72. The Hall–Kier alpha value is -3.08.